The summed E-state index contributed by atoms with van der Waals surface area (Å²) in [7, 11) is 0. The maximum Gasteiger partial charge on any atom is 0.161 e. The quantitative estimate of drug-likeness (QED) is 0.549. The van der Waals surface area contributed by atoms with Gasteiger partial charge in [-0.05, 0) is 55.2 Å². The zero-order chi connectivity index (χ0) is 19.1. The molecule has 0 amide bonds. The van der Waals surface area contributed by atoms with E-state index in [1.165, 1.54) is 37.7 Å². The van der Waals surface area contributed by atoms with Crippen LogP contribution in [0.1, 0.15) is 50.2 Å². The van der Waals surface area contributed by atoms with Gasteiger partial charge in [0.1, 0.15) is 6.61 Å². The maximum atomic E-state index is 6.08. The SMILES string of the molecule is CCOc1cc(CNC2CCCCC2)ccc1OCc1ccc(Cl)c(Cl)c1. The number of ether oxygens (including phenoxy) is 2. The first-order valence-electron chi connectivity index (χ1n) is 9.71. The number of halogens is 2. The van der Waals surface area contributed by atoms with Gasteiger partial charge < -0.3 is 14.8 Å². The molecule has 1 aliphatic rings. The zero-order valence-electron chi connectivity index (χ0n) is 15.8. The molecule has 1 N–H and O–H groups in total. The van der Waals surface area contributed by atoms with Gasteiger partial charge in [0.05, 0.1) is 16.7 Å². The highest BCUT2D eigenvalue weighted by Crippen LogP contribution is 2.30. The number of benzene rings is 2. The summed E-state index contributed by atoms with van der Waals surface area (Å²) in [6.07, 6.45) is 6.61. The van der Waals surface area contributed by atoms with Gasteiger partial charge in [0.2, 0.25) is 0 Å². The predicted octanol–water partition coefficient (Wildman–Crippen LogP) is 6.39. The van der Waals surface area contributed by atoms with Crippen molar-refractivity contribution in [3.63, 3.8) is 0 Å². The number of hydrogen-bond acceptors (Lipinski definition) is 3. The average Bonchev–Trinajstić information content (AvgIpc) is 2.69. The highest BCUT2D eigenvalue weighted by atomic mass is 35.5. The molecular formula is C22H27Cl2NO2. The van der Waals surface area contributed by atoms with Crippen molar-refractivity contribution in [2.45, 2.75) is 58.2 Å². The molecule has 5 heteroatoms. The molecule has 0 unspecified atom stereocenters. The molecule has 0 radical (unpaired) electrons. The monoisotopic (exact) mass is 407 g/mol. The molecule has 0 aliphatic heterocycles. The summed E-state index contributed by atoms with van der Waals surface area (Å²) in [5.41, 5.74) is 2.18. The van der Waals surface area contributed by atoms with Crippen molar-refractivity contribution in [2.75, 3.05) is 6.61 Å². The molecule has 1 saturated carbocycles. The Bertz CT molecular complexity index is 745. The molecular weight excluding hydrogens is 381 g/mol. The number of hydrogen-bond donors (Lipinski definition) is 1. The Morgan fingerprint density at radius 3 is 2.41 bits per heavy atom. The minimum atomic E-state index is 0.413. The molecule has 0 aromatic heterocycles. The molecule has 146 valence electrons. The van der Waals surface area contributed by atoms with E-state index in [0.717, 1.165) is 23.6 Å². The van der Waals surface area contributed by atoms with E-state index < -0.39 is 0 Å². The lowest BCUT2D eigenvalue weighted by molar-refractivity contribution is 0.269. The van der Waals surface area contributed by atoms with Crippen LogP contribution in [-0.4, -0.2) is 12.6 Å². The van der Waals surface area contributed by atoms with Crippen molar-refractivity contribution in [3.8, 4) is 11.5 Å². The molecule has 0 saturated heterocycles. The summed E-state index contributed by atoms with van der Waals surface area (Å²) in [5.74, 6) is 1.52. The molecule has 27 heavy (non-hydrogen) atoms. The summed E-state index contributed by atoms with van der Waals surface area (Å²) in [6, 6.07) is 12.3. The van der Waals surface area contributed by atoms with E-state index in [4.69, 9.17) is 32.7 Å². The first kappa shape index (κ1) is 20.3. The van der Waals surface area contributed by atoms with Gasteiger partial charge in [0.15, 0.2) is 11.5 Å². The first-order valence-corrected chi connectivity index (χ1v) is 10.5. The summed E-state index contributed by atoms with van der Waals surface area (Å²) in [4.78, 5) is 0. The van der Waals surface area contributed by atoms with Gasteiger partial charge >= 0.3 is 0 Å². The Kier molecular flexibility index (Phi) is 7.69. The topological polar surface area (TPSA) is 30.5 Å². The average molecular weight is 408 g/mol. The van der Waals surface area contributed by atoms with Crippen molar-refractivity contribution in [3.05, 3.63) is 57.6 Å². The third-order valence-electron chi connectivity index (χ3n) is 4.89. The normalized spacial score (nSPS) is 14.9. The second-order valence-electron chi connectivity index (χ2n) is 6.97. The molecule has 0 atom stereocenters. The molecule has 2 aromatic rings. The van der Waals surface area contributed by atoms with Crippen LogP contribution in [0.2, 0.25) is 10.0 Å². The van der Waals surface area contributed by atoms with Crippen LogP contribution in [0.5, 0.6) is 11.5 Å². The Morgan fingerprint density at radius 2 is 1.67 bits per heavy atom. The first-order chi connectivity index (χ1) is 13.2. The zero-order valence-corrected chi connectivity index (χ0v) is 17.3. The molecule has 0 spiro atoms. The molecule has 1 fully saturated rings. The van der Waals surface area contributed by atoms with E-state index in [-0.39, 0.29) is 0 Å². The van der Waals surface area contributed by atoms with Crippen LogP contribution in [-0.2, 0) is 13.2 Å². The molecule has 3 rings (SSSR count). The highest BCUT2D eigenvalue weighted by Gasteiger charge is 2.13. The van der Waals surface area contributed by atoms with E-state index >= 15 is 0 Å². The molecule has 3 nitrogen and oxygen atoms in total. The van der Waals surface area contributed by atoms with Crippen molar-refractivity contribution < 1.29 is 9.47 Å². The van der Waals surface area contributed by atoms with Gasteiger partial charge in [-0.3, -0.25) is 0 Å². The van der Waals surface area contributed by atoms with Gasteiger partial charge in [-0.1, -0.05) is 54.6 Å². The van der Waals surface area contributed by atoms with E-state index in [0.29, 0.717) is 29.3 Å². The fourth-order valence-electron chi connectivity index (χ4n) is 3.41. The number of nitrogens with one attached hydrogen (secondary N) is 1. The van der Waals surface area contributed by atoms with Crippen LogP contribution in [0.4, 0.5) is 0 Å². The van der Waals surface area contributed by atoms with Gasteiger partial charge in [-0.15, -0.1) is 0 Å². The van der Waals surface area contributed by atoms with Crippen LogP contribution in [0, 0.1) is 0 Å². The fourth-order valence-corrected chi connectivity index (χ4v) is 3.73. The minimum Gasteiger partial charge on any atom is -0.490 e. The van der Waals surface area contributed by atoms with Gasteiger partial charge in [-0.25, -0.2) is 0 Å². The maximum absolute atomic E-state index is 6.08. The Hall–Kier alpha value is -1.42. The standard InChI is InChI=1S/C22H27Cl2NO2/c1-2-26-22-13-16(14-25-18-6-4-3-5-7-18)9-11-21(22)27-15-17-8-10-19(23)20(24)12-17/h8-13,18,25H,2-7,14-15H2,1H3. The van der Waals surface area contributed by atoms with Crippen molar-refractivity contribution in [1.82, 2.24) is 5.32 Å². The summed E-state index contributed by atoms with van der Waals surface area (Å²) >= 11 is 12.0. The third-order valence-corrected chi connectivity index (χ3v) is 5.63. The lowest BCUT2D eigenvalue weighted by Crippen LogP contribution is -2.30. The lowest BCUT2D eigenvalue weighted by Gasteiger charge is -2.23. The van der Waals surface area contributed by atoms with Gasteiger partial charge in [0, 0.05) is 12.6 Å². The molecule has 1 aliphatic carbocycles. The van der Waals surface area contributed by atoms with E-state index in [2.05, 4.69) is 17.4 Å². The van der Waals surface area contributed by atoms with Crippen LogP contribution < -0.4 is 14.8 Å². The molecule has 0 heterocycles. The van der Waals surface area contributed by atoms with Crippen LogP contribution >= 0.6 is 23.2 Å². The Balaban J connectivity index is 1.62. The van der Waals surface area contributed by atoms with E-state index in [1.807, 2.05) is 25.1 Å². The predicted molar refractivity (Wildman–Crippen MR) is 112 cm³/mol. The fraction of sp³-hybridized carbons (Fsp3) is 0.455. The van der Waals surface area contributed by atoms with Crippen LogP contribution in [0.25, 0.3) is 0 Å². The third kappa shape index (κ3) is 6.03. The second kappa shape index (κ2) is 10.2. The largest absolute Gasteiger partial charge is 0.490 e. The van der Waals surface area contributed by atoms with Crippen molar-refractivity contribution >= 4 is 23.2 Å². The summed E-state index contributed by atoms with van der Waals surface area (Å²) in [6.45, 7) is 3.85. The smallest absolute Gasteiger partial charge is 0.161 e. The van der Waals surface area contributed by atoms with Gasteiger partial charge in [-0.2, -0.15) is 0 Å². The van der Waals surface area contributed by atoms with E-state index in [1.54, 1.807) is 6.07 Å². The summed E-state index contributed by atoms with van der Waals surface area (Å²) in [5, 5.41) is 4.75. The Morgan fingerprint density at radius 1 is 0.889 bits per heavy atom. The number of rotatable bonds is 8. The van der Waals surface area contributed by atoms with Gasteiger partial charge in [0.25, 0.3) is 0 Å². The summed E-state index contributed by atoms with van der Waals surface area (Å²) < 4.78 is 11.8. The van der Waals surface area contributed by atoms with Crippen LogP contribution in [0.15, 0.2) is 36.4 Å². The lowest BCUT2D eigenvalue weighted by atomic mass is 9.95. The second-order valence-corrected chi connectivity index (χ2v) is 7.78. The highest BCUT2D eigenvalue weighted by molar-refractivity contribution is 6.42. The van der Waals surface area contributed by atoms with Crippen LogP contribution in [0.3, 0.4) is 0 Å². The molecule has 0 bridgehead atoms. The minimum absolute atomic E-state index is 0.413. The molecule has 2 aromatic carbocycles. The van der Waals surface area contributed by atoms with Crippen molar-refractivity contribution in [1.29, 1.82) is 0 Å². The van der Waals surface area contributed by atoms with E-state index in [9.17, 15) is 0 Å². The van der Waals surface area contributed by atoms with Crippen molar-refractivity contribution in [2.24, 2.45) is 0 Å². The Labute approximate surface area is 172 Å².